The summed E-state index contributed by atoms with van der Waals surface area (Å²) in [6, 6.07) is 0. The number of ether oxygens (including phenoxy) is 1. The Morgan fingerprint density at radius 3 is 2.88 bits per heavy atom. The van der Waals surface area contributed by atoms with Crippen LogP contribution in [0.15, 0.2) is 16.0 Å². The Labute approximate surface area is 109 Å². The molecule has 1 rings (SSSR count). The summed E-state index contributed by atoms with van der Waals surface area (Å²) in [5, 5.41) is 7.85. The standard InChI is InChI=1S/C13H22N2OS/c1-2-3-4-7-10-16-13(14)12(15-17)11-8-5-6-9-11/h8,14,17H,2-7,9-10H2,1H3/b14-13?,15-12-. The van der Waals surface area contributed by atoms with Crippen molar-refractivity contribution in [1.82, 2.24) is 0 Å². The number of nitrogens with one attached hydrogen (secondary N) is 1. The number of hydrogen-bond acceptors (Lipinski definition) is 4. The van der Waals surface area contributed by atoms with Crippen LogP contribution in [0.2, 0.25) is 0 Å². The maximum Gasteiger partial charge on any atom is 0.233 e. The summed E-state index contributed by atoms with van der Waals surface area (Å²) in [6.07, 6.45) is 9.96. The van der Waals surface area contributed by atoms with Gasteiger partial charge < -0.3 is 4.74 Å². The number of unbranched alkanes of at least 4 members (excludes halogenated alkanes) is 3. The maximum absolute atomic E-state index is 7.85. The summed E-state index contributed by atoms with van der Waals surface area (Å²) in [7, 11) is 0. The molecule has 0 unspecified atom stereocenters. The van der Waals surface area contributed by atoms with E-state index in [2.05, 4.69) is 30.2 Å². The lowest BCUT2D eigenvalue weighted by molar-refractivity contribution is 0.296. The van der Waals surface area contributed by atoms with E-state index in [1.807, 2.05) is 0 Å². The third-order valence-corrected chi connectivity index (χ3v) is 3.10. The van der Waals surface area contributed by atoms with Gasteiger partial charge in [-0.25, -0.2) is 4.40 Å². The SMILES string of the molecule is CCCCCCOC(=N)/C(=N\S)C1=CCCC1. The number of thiol groups is 1. The van der Waals surface area contributed by atoms with Crippen LogP contribution < -0.4 is 0 Å². The predicted molar refractivity (Wildman–Crippen MR) is 76.2 cm³/mol. The molecule has 0 atom stereocenters. The van der Waals surface area contributed by atoms with E-state index in [4.69, 9.17) is 10.1 Å². The molecule has 1 N–H and O–H groups in total. The molecule has 4 heteroatoms. The van der Waals surface area contributed by atoms with E-state index >= 15 is 0 Å². The van der Waals surface area contributed by atoms with Crippen molar-refractivity contribution in [2.24, 2.45) is 4.40 Å². The summed E-state index contributed by atoms with van der Waals surface area (Å²) in [4.78, 5) is 0. The van der Waals surface area contributed by atoms with Gasteiger partial charge in [-0.2, -0.15) is 0 Å². The van der Waals surface area contributed by atoms with Gasteiger partial charge in [0.1, 0.15) is 5.71 Å². The van der Waals surface area contributed by atoms with Gasteiger partial charge in [0.05, 0.1) is 6.61 Å². The van der Waals surface area contributed by atoms with E-state index in [9.17, 15) is 0 Å². The first kappa shape index (κ1) is 14.3. The van der Waals surface area contributed by atoms with Crippen molar-refractivity contribution >= 4 is 24.4 Å². The molecule has 3 nitrogen and oxygen atoms in total. The third-order valence-electron chi connectivity index (χ3n) is 2.90. The number of allylic oxidation sites excluding steroid dienone is 1. The summed E-state index contributed by atoms with van der Waals surface area (Å²) < 4.78 is 9.30. The zero-order chi connectivity index (χ0) is 12.5. The normalized spacial score (nSPS) is 15.9. The van der Waals surface area contributed by atoms with Crippen LogP contribution in [0.1, 0.15) is 51.9 Å². The minimum absolute atomic E-state index is 0.171. The van der Waals surface area contributed by atoms with Gasteiger partial charge in [-0.15, -0.1) is 0 Å². The van der Waals surface area contributed by atoms with Gasteiger partial charge in [0.25, 0.3) is 0 Å². The maximum atomic E-state index is 7.85. The van der Waals surface area contributed by atoms with Gasteiger partial charge in [0.15, 0.2) is 0 Å². The molecule has 0 bridgehead atoms. The summed E-state index contributed by atoms with van der Waals surface area (Å²) in [6.45, 7) is 2.79. The van der Waals surface area contributed by atoms with Crippen molar-refractivity contribution in [3.8, 4) is 0 Å². The second-order valence-electron chi connectivity index (χ2n) is 4.31. The second-order valence-corrected chi connectivity index (χ2v) is 4.51. The molecular weight excluding hydrogens is 232 g/mol. The van der Waals surface area contributed by atoms with Crippen molar-refractivity contribution < 1.29 is 4.74 Å². The number of hydrogen-bond donors (Lipinski definition) is 2. The van der Waals surface area contributed by atoms with E-state index in [-0.39, 0.29) is 5.90 Å². The van der Waals surface area contributed by atoms with Crippen LogP contribution in [0.25, 0.3) is 0 Å². The molecule has 0 spiro atoms. The Morgan fingerprint density at radius 1 is 1.47 bits per heavy atom. The minimum atomic E-state index is 0.171. The second kappa shape index (κ2) is 8.34. The Morgan fingerprint density at radius 2 is 2.29 bits per heavy atom. The van der Waals surface area contributed by atoms with E-state index in [0.29, 0.717) is 12.3 Å². The molecule has 0 heterocycles. The zero-order valence-corrected chi connectivity index (χ0v) is 11.4. The molecule has 0 saturated heterocycles. The van der Waals surface area contributed by atoms with Gasteiger partial charge in [-0.05, 0) is 44.1 Å². The van der Waals surface area contributed by atoms with Gasteiger partial charge in [0, 0.05) is 0 Å². The van der Waals surface area contributed by atoms with Crippen LogP contribution >= 0.6 is 12.8 Å². The van der Waals surface area contributed by atoms with Crippen molar-refractivity contribution in [2.75, 3.05) is 6.61 Å². The molecule has 17 heavy (non-hydrogen) atoms. The fraction of sp³-hybridized carbons (Fsp3) is 0.692. The first-order chi connectivity index (χ1) is 8.29. The summed E-state index contributed by atoms with van der Waals surface area (Å²) in [5.41, 5.74) is 1.72. The molecule has 0 aliphatic heterocycles. The molecule has 0 radical (unpaired) electrons. The van der Waals surface area contributed by atoms with E-state index in [1.165, 1.54) is 19.3 Å². The average molecular weight is 254 g/mol. The molecule has 96 valence electrons. The van der Waals surface area contributed by atoms with Crippen molar-refractivity contribution in [1.29, 1.82) is 5.41 Å². The fourth-order valence-corrected chi connectivity index (χ4v) is 2.13. The molecule has 1 aliphatic rings. The van der Waals surface area contributed by atoms with Crippen molar-refractivity contribution in [3.63, 3.8) is 0 Å². The van der Waals surface area contributed by atoms with E-state index in [1.54, 1.807) is 0 Å². The lowest BCUT2D eigenvalue weighted by Gasteiger charge is -2.09. The Balaban J connectivity index is 2.30. The topological polar surface area (TPSA) is 45.4 Å². The zero-order valence-electron chi connectivity index (χ0n) is 10.5. The van der Waals surface area contributed by atoms with Crippen molar-refractivity contribution in [3.05, 3.63) is 11.6 Å². The summed E-state index contributed by atoms with van der Waals surface area (Å²) >= 11 is 3.93. The molecule has 0 amide bonds. The molecule has 1 aliphatic carbocycles. The molecule has 0 fully saturated rings. The largest absolute Gasteiger partial charge is 0.477 e. The molecule has 0 aromatic rings. The predicted octanol–water partition coefficient (Wildman–Crippen LogP) is 3.96. The molecule has 0 saturated carbocycles. The van der Waals surface area contributed by atoms with E-state index < -0.39 is 0 Å². The highest BCUT2D eigenvalue weighted by Crippen LogP contribution is 2.20. The van der Waals surface area contributed by atoms with Crippen LogP contribution in [0.4, 0.5) is 0 Å². The first-order valence-electron chi connectivity index (χ1n) is 6.42. The molecule has 0 aromatic carbocycles. The lowest BCUT2D eigenvalue weighted by Crippen LogP contribution is -2.18. The van der Waals surface area contributed by atoms with Crippen LogP contribution in [0.5, 0.6) is 0 Å². The van der Waals surface area contributed by atoms with Gasteiger partial charge in [0.2, 0.25) is 5.90 Å². The minimum Gasteiger partial charge on any atom is -0.477 e. The Bertz CT molecular complexity index is 311. The van der Waals surface area contributed by atoms with Crippen LogP contribution in [-0.4, -0.2) is 18.2 Å². The first-order valence-corrected chi connectivity index (χ1v) is 6.82. The molecule has 0 aromatic heterocycles. The highest BCUT2D eigenvalue weighted by Gasteiger charge is 2.16. The van der Waals surface area contributed by atoms with Gasteiger partial charge >= 0.3 is 0 Å². The van der Waals surface area contributed by atoms with E-state index in [0.717, 1.165) is 31.3 Å². The van der Waals surface area contributed by atoms with Crippen LogP contribution in [0, 0.1) is 5.41 Å². The van der Waals surface area contributed by atoms with Crippen molar-refractivity contribution in [2.45, 2.75) is 51.9 Å². The number of nitrogens with zero attached hydrogens (tertiary/aromatic N) is 1. The van der Waals surface area contributed by atoms with Gasteiger partial charge in [-0.1, -0.05) is 32.3 Å². The Hall–Kier alpha value is -0.770. The summed E-state index contributed by atoms with van der Waals surface area (Å²) in [5.74, 6) is 0.171. The Kier molecular flexibility index (Phi) is 7.01. The van der Waals surface area contributed by atoms with Crippen LogP contribution in [0.3, 0.4) is 0 Å². The highest BCUT2D eigenvalue weighted by molar-refractivity contribution is 7.79. The number of rotatable bonds is 7. The fourth-order valence-electron chi connectivity index (χ4n) is 1.91. The monoisotopic (exact) mass is 254 g/mol. The quantitative estimate of drug-likeness (QED) is 0.307. The van der Waals surface area contributed by atoms with Gasteiger partial charge in [-0.3, -0.25) is 5.41 Å². The third kappa shape index (κ3) is 4.94. The lowest BCUT2D eigenvalue weighted by atomic mass is 10.1. The molecular formula is C13H22N2OS. The van der Waals surface area contributed by atoms with Crippen LogP contribution in [-0.2, 0) is 4.74 Å². The highest BCUT2D eigenvalue weighted by atomic mass is 32.1. The average Bonchev–Trinajstić information content (AvgIpc) is 2.83. The smallest absolute Gasteiger partial charge is 0.233 e.